The molecule has 0 radical (unpaired) electrons. The normalized spacial score (nSPS) is 26.4. The Kier molecular flexibility index (Phi) is 4.50. The van der Waals surface area contributed by atoms with Crippen LogP contribution in [0.2, 0.25) is 0 Å². The van der Waals surface area contributed by atoms with Gasteiger partial charge in [-0.25, -0.2) is 4.79 Å². The molecule has 1 fully saturated rings. The predicted molar refractivity (Wildman–Crippen MR) is 71.0 cm³/mol. The zero-order chi connectivity index (χ0) is 14.7. The molecule has 0 aromatic carbocycles. The molecule has 0 aliphatic carbocycles. The van der Waals surface area contributed by atoms with Gasteiger partial charge < -0.3 is 20.7 Å². The Hall–Kier alpha value is -1.74. The minimum absolute atomic E-state index is 0.164. The van der Waals surface area contributed by atoms with Crippen LogP contribution in [0.25, 0.3) is 6.08 Å². The molecule has 1 saturated heterocycles. The van der Waals surface area contributed by atoms with E-state index in [9.17, 15) is 14.7 Å². The first-order valence-electron chi connectivity index (χ1n) is 6.23. The van der Waals surface area contributed by atoms with E-state index in [1.165, 1.54) is 16.8 Å². The van der Waals surface area contributed by atoms with Gasteiger partial charge in [0, 0.05) is 19.2 Å². The molecule has 0 bridgehead atoms. The fourth-order valence-electron chi connectivity index (χ4n) is 2.08. The Morgan fingerprint density at radius 3 is 2.90 bits per heavy atom. The number of aliphatic hydroxyl groups is 2. The number of aromatic amines is 1. The van der Waals surface area contributed by atoms with E-state index in [4.69, 9.17) is 15.6 Å². The fraction of sp³-hybridized carbons (Fsp3) is 0.500. The summed E-state index contributed by atoms with van der Waals surface area (Å²) in [6.45, 7) is -0.0699. The van der Waals surface area contributed by atoms with Crippen LogP contribution in [0.5, 0.6) is 0 Å². The third-order valence-corrected chi connectivity index (χ3v) is 3.12. The zero-order valence-electron chi connectivity index (χ0n) is 10.7. The van der Waals surface area contributed by atoms with E-state index in [1.54, 1.807) is 6.08 Å². The third kappa shape index (κ3) is 2.88. The molecule has 2 heterocycles. The van der Waals surface area contributed by atoms with E-state index in [0.29, 0.717) is 0 Å². The minimum Gasteiger partial charge on any atom is -0.394 e. The van der Waals surface area contributed by atoms with E-state index in [-0.39, 0.29) is 25.1 Å². The maximum absolute atomic E-state index is 11.8. The van der Waals surface area contributed by atoms with Crippen molar-refractivity contribution in [3.05, 3.63) is 38.7 Å². The number of rotatable bonds is 4. The molecule has 8 heteroatoms. The highest BCUT2D eigenvalue weighted by Crippen LogP contribution is 2.27. The largest absolute Gasteiger partial charge is 0.394 e. The van der Waals surface area contributed by atoms with Crippen molar-refractivity contribution in [2.45, 2.75) is 24.9 Å². The van der Waals surface area contributed by atoms with Gasteiger partial charge in [-0.05, 0) is 0 Å². The van der Waals surface area contributed by atoms with Gasteiger partial charge in [-0.1, -0.05) is 12.2 Å². The Bertz CT molecular complexity index is 606. The van der Waals surface area contributed by atoms with Gasteiger partial charge in [-0.3, -0.25) is 14.3 Å². The summed E-state index contributed by atoms with van der Waals surface area (Å²) < 4.78 is 6.57. The van der Waals surface area contributed by atoms with E-state index >= 15 is 0 Å². The van der Waals surface area contributed by atoms with Crippen LogP contribution in [0.1, 0.15) is 18.2 Å². The van der Waals surface area contributed by atoms with Crippen LogP contribution in [0.3, 0.4) is 0 Å². The molecule has 0 amide bonds. The molecule has 0 saturated carbocycles. The molecule has 0 spiro atoms. The smallest absolute Gasteiger partial charge is 0.330 e. The molecule has 3 unspecified atom stereocenters. The predicted octanol–water partition coefficient (Wildman–Crippen LogP) is -1.85. The number of nitrogens with one attached hydrogen (secondary N) is 1. The van der Waals surface area contributed by atoms with Gasteiger partial charge in [0.05, 0.1) is 18.3 Å². The number of aromatic nitrogens is 2. The van der Waals surface area contributed by atoms with Gasteiger partial charge in [0.25, 0.3) is 5.56 Å². The number of nitrogens with zero attached hydrogens (tertiary/aromatic N) is 1. The van der Waals surface area contributed by atoms with E-state index in [0.717, 1.165) is 0 Å². The maximum atomic E-state index is 11.8. The summed E-state index contributed by atoms with van der Waals surface area (Å²) in [5, 5.41) is 18.7. The summed E-state index contributed by atoms with van der Waals surface area (Å²) in [6, 6.07) is 0. The summed E-state index contributed by atoms with van der Waals surface area (Å²) in [7, 11) is 0. The standard InChI is InChI=1S/C12H17N3O5/c13-3-1-2-7-5-15(12(19)14-11(7)18)10-4-8(17)9(6-16)20-10/h1-2,5,8-10,16-17H,3-4,6,13H2,(H,14,18,19)/b2-1+. The second kappa shape index (κ2) is 6.14. The van der Waals surface area contributed by atoms with Gasteiger partial charge in [-0.15, -0.1) is 0 Å². The fourth-order valence-corrected chi connectivity index (χ4v) is 2.08. The number of ether oxygens (including phenoxy) is 1. The van der Waals surface area contributed by atoms with Gasteiger partial charge >= 0.3 is 5.69 Å². The minimum atomic E-state index is -0.855. The second-order valence-corrected chi connectivity index (χ2v) is 4.50. The van der Waals surface area contributed by atoms with Crippen LogP contribution in [-0.2, 0) is 4.74 Å². The first kappa shape index (κ1) is 14.7. The molecular weight excluding hydrogens is 266 g/mol. The highest BCUT2D eigenvalue weighted by molar-refractivity contribution is 5.46. The molecule has 2 rings (SSSR count). The Balaban J connectivity index is 2.35. The quantitative estimate of drug-likeness (QED) is 0.513. The topological polar surface area (TPSA) is 131 Å². The van der Waals surface area contributed by atoms with Crippen molar-refractivity contribution >= 4 is 6.08 Å². The molecule has 5 N–H and O–H groups in total. The average Bonchev–Trinajstić information content (AvgIpc) is 2.79. The third-order valence-electron chi connectivity index (χ3n) is 3.12. The molecular formula is C12H17N3O5. The number of aliphatic hydroxyl groups excluding tert-OH is 2. The lowest BCUT2D eigenvalue weighted by Gasteiger charge is -2.14. The number of nitrogens with two attached hydrogens (primary N) is 1. The lowest BCUT2D eigenvalue weighted by molar-refractivity contribution is -0.0459. The van der Waals surface area contributed by atoms with Crippen LogP contribution < -0.4 is 17.0 Å². The summed E-state index contributed by atoms with van der Waals surface area (Å²) >= 11 is 0. The summed E-state index contributed by atoms with van der Waals surface area (Å²) in [5.41, 5.74) is 4.43. The van der Waals surface area contributed by atoms with Crippen LogP contribution in [0, 0.1) is 0 Å². The van der Waals surface area contributed by atoms with Crippen molar-refractivity contribution < 1.29 is 14.9 Å². The van der Waals surface area contributed by atoms with Crippen molar-refractivity contribution in [1.82, 2.24) is 9.55 Å². The van der Waals surface area contributed by atoms with Crippen LogP contribution in [0.15, 0.2) is 21.9 Å². The SMILES string of the molecule is NC/C=C/c1cn(C2CC(O)C(CO)O2)c(=O)[nH]c1=O. The van der Waals surface area contributed by atoms with Crippen molar-refractivity contribution in [3.8, 4) is 0 Å². The number of hydrogen-bond acceptors (Lipinski definition) is 6. The zero-order valence-corrected chi connectivity index (χ0v) is 10.7. The van der Waals surface area contributed by atoms with Crippen LogP contribution in [-0.4, -0.2) is 45.1 Å². The van der Waals surface area contributed by atoms with Crippen LogP contribution >= 0.6 is 0 Å². The molecule has 1 aromatic rings. The van der Waals surface area contributed by atoms with Crippen molar-refractivity contribution in [1.29, 1.82) is 0 Å². The van der Waals surface area contributed by atoms with Gasteiger partial charge in [0.15, 0.2) is 0 Å². The van der Waals surface area contributed by atoms with Gasteiger partial charge in [0.2, 0.25) is 0 Å². The first-order chi connectivity index (χ1) is 9.56. The lowest BCUT2D eigenvalue weighted by atomic mass is 10.2. The summed E-state index contributed by atoms with van der Waals surface area (Å²) in [6.07, 6.45) is 2.29. The summed E-state index contributed by atoms with van der Waals surface area (Å²) in [5.74, 6) is 0. The van der Waals surface area contributed by atoms with E-state index < -0.39 is 29.7 Å². The molecule has 1 aromatic heterocycles. The first-order valence-corrected chi connectivity index (χ1v) is 6.23. The Morgan fingerprint density at radius 1 is 1.55 bits per heavy atom. The van der Waals surface area contributed by atoms with E-state index in [2.05, 4.69) is 4.98 Å². The van der Waals surface area contributed by atoms with E-state index in [1.807, 2.05) is 0 Å². The Labute approximate surface area is 114 Å². The van der Waals surface area contributed by atoms with Crippen molar-refractivity contribution in [3.63, 3.8) is 0 Å². The monoisotopic (exact) mass is 283 g/mol. The molecule has 1 aliphatic heterocycles. The van der Waals surface area contributed by atoms with Crippen molar-refractivity contribution in [2.24, 2.45) is 5.73 Å². The number of hydrogen-bond donors (Lipinski definition) is 4. The molecule has 1 aliphatic rings. The molecule has 110 valence electrons. The summed E-state index contributed by atoms with van der Waals surface area (Å²) in [4.78, 5) is 25.6. The highest BCUT2D eigenvalue weighted by Gasteiger charge is 2.35. The average molecular weight is 283 g/mol. The van der Waals surface area contributed by atoms with Gasteiger partial charge in [0.1, 0.15) is 12.3 Å². The maximum Gasteiger partial charge on any atom is 0.330 e. The lowest BCUT2D eigenvalue weighted by Crippen LogP contribution is -2.33. The van der Waals surface area contributed by atoms with Crippen molar-refractivity contribution in [2.75, 3.05) is 13.2 Å². The second-order valence-electron chi connectivity index (χ2n) is 4.50. The highest BCUT2D eigenvalue weighted by atomic mass is 16.5. The van der Waals surface area contributed by atoms with Gasteiger partial charge in [-0.2, -0.15) is 0 Å². The molecule has 8 nitrogen and oxygen atoms in total. The Morgan fingerprint density at radius 2 is 2.30 bits per heavy atom. The van der Waals surface area contributed by atoms with Crippen LogP contribution in [0.4, 0.5) is 0 Å². The molecule has 3 atom stereocenters. The molecule has 20 heavy (non-hydrogen) atoms. The number of H-pyrrole nitrogens is 1.